The average Bonchev–Trinajstić information content (AvgIpc) is 3.18. The first-order chi connectivity index (χ1) is 12.8. The molecule has 0 amide bonds. The Morgan fingerprint density at radius 3 is 2.69 bits per heavy atom. The van der Waals surface area contributed by atoms with Gasteiger partial charge in [0, 0.05) is 18.7 Å². The predicted octanol–water partition coefficient (Wildman–Crippen LogP) is 2.36. The van der Waals surface area contributed by atoms with E-state index in [0.29, 0.717) is 12.4 Å². The summed E-state index contributed by atoms with van der Waals surface area (Å²) in [6.07, 6.45) is 0. The van der Waals surface area contributed by atoms with Crippen LogP contribution in [-0.2, 0) is 4.74 Å². The van der Waals surface area contributed by atoms with Crippen LogP contribution in [0.3, 0.4) is 0 Å². The first kappa shape index (κ1) is 16.6. The zero-order chi connectivity index (χ0) is 17.9. The third kappa shape index (κ3) is 3.15. The van der Waals surface area contributed by atoms with Gasteiger partial charge in [-0.3, -0.25) is 4.99 Å². The number of nitrogen functional groups attached to an aromatic ring is 1. The number of benzene rings is 2. The normalized spacial score (nSPS) is 17.0. The lowest BCUT2D eigenvalue weighted by molar-refractivity contribution is 0.123. The van der Waals surface area contributed by atoms with Gasteiger partial charge in [-0.25, -0.2) is 4.99 Å². The van der Waals surface area contributed by atoms with Crippen molar-refractivity contribution in [2.75, 3.05) is 50.6 Å². The van der Waals surface area contributed by atoms with Crippen molar-refractivity contribution >= 4 is 22.9 Å². The van der Waals surface area contributed by atoms with Crippen molar-refractivity contribution in [2.24, 2.45) is 9.98 Å². The van der Waals surface area contributed by atoms with E-state index in [9.17, 15) is 0 Å². The Morgan fingerprint density at radius 2 is 1.92 bits per heavy atom. The molecule has 0 bridgehead atoms. The molecule has 0 aromatic heterocycles. The van der Waals surface area contributed by atoms with Gasteiger partial charge in [0.25, 0.3) is 0 Å². The minimum atomic E-state index is 0.545. The van der Waals surface area contributed by atoms with Crippen LogP contribution in [0.1, 0.15) is 11.1 Å². The van der Waals surface area contributed by atoms with Gasteiger partial charge in [-0.1, -0.05) is 18.2 Å². The molecule has 0 atom stereocenters. The van der Waals surface area contributed by atoms with Crippen molar-refractivity contribution in [1.82, 2.24) is 0 Å². The number of methoxy groups -OCH3 is 1. The second-order valence-electron chi connectivity index (χ2n) is 6.27. The van der Waals surface area contributed by atoms with Crippen LogP contribution in [0.5, 0.6) is 5.75 Å². The smallest absolute Gasteiger partial charge is 0.159 e. The van der Waals surface area contributed by atoms with E-state index in [1.54, 1.807) is 7.11 Å². The van der Waals surface area contributed by atoms with Gasteiger partial charge < -0.3 is 20.1 Å². The first-order valence-corrected chi connectivity index (χ1v) is 8.74. The maximum atomic E-state index is 6.32. The first-order valence-electron chi connectivity index (χ1n) is 8.74. The molecule has 0 unspecified atom stereocenters. The topological polar surface area (TPSA) is 72.4 Å². The monoisotopic (exact) mass is 350 g/mol. The van der Waals surface area contributed by atoms with E-state index in [1.807, 2.05) is 30.3 Å². The number of hydrogen-bond acceptors (Lipinski definition) is 6. The predicted molar refractivity (Wildman–Crippen MR) is 105 cm³/mol. The summed E-state index contributed by atoms with van der Waals surface area (Å²) in [4.78, 5) is 11.6. The lowest BCUT2D eigenvalue weighted by Crippen LogP contribution is -2.36. The molecule has 4 rings (SSSR count). The van der Waals surface area contributed by atoms with Crippen LogP contribution in [0.15, 0.2) is 52.4 Å². The molecule has 2 aliphatic rings. The number of morpholine rings is 1. The van der Waals surface area contributed by atoms with E-state index in [0.717, 1.165) is 60.3 Å². The maximum Gasteiger partial charge on any atom is 0.159 e. The Kier molecular flexibility index (Phi) is 4.58. The summed E-state index contributed by atoms with van der Waals surface area (Å²) in [5.41, 5.74) is 11.0. The fourth-order valence-electron chi connectivity index (χ4n) is 3.31. The Balaban J connectivity index is 1.58. The van der Waals surface area contributed by atoms with Gasteiger partial charge in [0.1, 0.15) is 5.75 Å². The van der Waals surface area contributed by atoms with E-state index in [2.05, 4.69) is 22.0 Å². The molecule has 0 saturated carbocycles. The molecule has 2 N–H and O–H groups in total. The molecule has 1 fully saturated rings. The highest BCUT2D eigenvalue weighted by molar-refractivity contribution is 6.18. The van der Waals surface area contributed by atoms with E-state index < -0.39 is 0 Å². The van der Waals surface area contributed by atoms with Gasteiger partial charge in [-0.05, 0) is 24.3 Å². The molecule has 26 heavy (non-hydrogen) atoms. The zero-order valence-electron chi connectivity index (χ0n) is 14.8. The number of ether oxygens (including phenoxy) is 2. The maximum absolute atomic E-state index is 6.32. The Bertz CT molecular complexity index is 870. The van der Waals surface area contributed by atoms with Gasteiger partial charge in [-0.15, -0.1) is 0 Å². The van der Waals surface area contributed by atoms with Crippen molar-refractivity contribution in [3.8, 4) is 5.75 Å². The highest BCUT2D eigenvalue weighted by Crippen LogP contribution is 2.27. The number of nitrogens with zero attached hydrogens (tertiary/aromatic N) is 3. The highest BCUT2D eigenvalue weighted by atomic mass is 16.5. The summed E-state index contributed by atoms with van der Waals surface area (Å²) in [5.74, 6) is 1.48. The molecule has 2 heterocycles. The second kappa shape index (κ2) is 7.17. The number of rotatable bonds is 4. The number of anilines is 2. The fraction of sp³-hybridized carbons (Fsp3) is 0.300. The molecule has 6 heteroatoms. The average molecular weight is 350 g/mol. The minimum Gasteiger partial charge on any atom is -0.496 e. The molecule has 2 aliphatic heterocycles. The highest BCUT2D eigenvalue weighted by Gasteiger charge is 2.19. The van der Waals surface area contributed by atoms with Gasteiger partial charge in [0.2, 0.25) is 0 Å². The van der Waals surface area contributed by atoms with Crippen LogP contribution >= 0.6 is 0 Å². The van der Waals surface area contributed by atoms with Crippen LogP contribution in [0.2, 0.25) is 0 Å². The number of nitrogens with two attached hydrogens (primary N) is 1. The van der Waals surface area contributed by atoms with Crippen LogP contribution in [-0.4, -0.2) is 51.5 Å². The molecule has 134 valence electrons. The van der Waals surface area contributed by atoms with Crippen molar-refractivity contribution in [3.05, 3.63) is 53.6 Å². The number of amidine groups is 1. The van der Waals surface area contributed by atoms with E-state index in [1.165, 1.54) is 0 Å². The van der Waals surface area contributed by atoms with Crippen LogP contribution in [0.25, 0.3) is 0 Å². The Hall–Kier alpha value is -2.86. The summed E-state index contributed by atoms with van der Waals surface area (Å²) in [7, 11) is 1.66. The lowest BCUT2D eigenvalue weighted by atomic mass is 10.1. The van der Waals surface area contributed by atoms with Gasteiger partial charge in [0.15, 0.2) is 5.84 Å². The number of para-hydroxylation sites is 1. The van der Waals surface area contributed by atoms with E-state index in [-0.39, 0.29) is 0 Å². The standard InChI is InChI=1S/C20H22N4O2/c1-25-19-5-3-2-4-15(19)20-22-13-17(23-20)14-6-7-18(16(21)12-14)24-8-10-26-11-9-24/h2-7,12H,8-11,13,21H2,1H3. The fourth-order valence-corrected chi connectivity index (χ4v) is 3.31. The molecule has 2 aromatic rings. The quantitative estimate of drug-likeness (QED) is 0.859. The Labute approximate surface area is 153 Å². The van der Waals surface area contributed by atoms with E-state index >= 15 is 0 Å². The molecular weight excluding hydrogens is 328 g/mol. The number of hydrogen-bond donors (Lipinski definition) is 1. The van der Waals surface area contributed by atoms with Crippen LogP contribution in [0, 0.1) is 0 Å². The van der Waals surface area contributed by atoms with Crippen molar-refractivity contribution in [1.29, 1.82) is 0 Å². The zero-order valence-corrected chi connectivity index (χ0v) is 14.8. The molecule has 1 saturated heterocycles. The summed E-state index contributed by atoms with van der Waals surface area (Å²) < 4.78 is 10.8. The molecule has 0 spiro atoms. The van der Waals surface area contributed by atoms with Crippen molar-refractivity contribution in [3.63, 3.8) is 0 Å². The molecule has 0 radical (unpaired) electrons. The van der Waals surface area contributed by atoms with Gasteiger partial charge in [-0.2, -0.15) is 0 Å². The van der Waals surface area contributed by atoms with Crippen molar-refractivity contribution in [2.45, 2.75) is 0 Å². The molecule has 6 nitrogen and oxygen atoms in total. The summed E-state index contributed by atoms with van der Waals surface area (Å²) in [5, 5.41) is 0. The third-order valence-corrected chi connectivity index (χ3v) is 4.68. The SMILES string of the molecule is COc1ccccc1C1=NCC(c2ccc(N3CCOCC3)c(N)c2)=N1. The van der Waals surface area contributed by atoms with Crippen LogP contribution in [0.4, 0.5) is 11.4 Å². The molecular formula is C20H22N4O2. The van der Waals surface area contributed by atoms with Crippen LogP contribution < -0.4 is 15.4 Å². The third-order valence-electron chi connectivity index (χ3n) is 4.68. The van der Waals surface area contributed by atoms with Crippen molar-refractivity contribution < 1.29 is 9.47 Å². The largest absolute Gasteiger partial charge is 0.496 e. The van der Waals surface area contributed by atoms with Gasteiger partial charge >= 0.3 is 0 Å². The van der Waals surface area contributed by atoms with Gasteiger partial charge in [0.05, 0.1) is 49.5 Å². The Morgan fingerprint density at radius 1 is 1.12 bits per heavy atom. The summed E-state index contributed by atoms with van der Waals surface area (Å²) in [6.45, 7) is 3.76. The summed E-state index contributed by atoms with van der Waals surface area (Å²) in [6, 6.07) is 13.9. The second-order valence-corrected chi connectivity index (χ2v) is 6.27. The summed E-state index contributed by atoms with van der Waals surface area (Å²) >= 11 is 0. The number of aliphatic imine (C=N–C) groups is 2. The minimum absolute atomic E-state index is 0.545. The lowest BCUT2D eigenvalue weighted by Gasteiger charge is -2.30. The molecule has 2 aromatic carbocycles. The molecule has 0 aliphatic carbocycles. The van der Waals surface area contributed by atoms with E-state index in [4.69, 9.17) is 20.2 Å².